The molecule has 8 nitrogen and oxygen atoms in total. The van der Waals surface area contributed by atoms with Crippen LogP contribution in [0.25, 0.3) is 0 Å². The lowest BCUT2D eigenvalue weighted by molar-refractivity contribution is -0.140. The molecule has 1 N–H and O–H groups in total. The Morgan fingerprint density at radius 2 is 1.89 bits per heavy atom. The molecule has 1 amide bonds. The molecule has 0 atom stereocenters. The van der Waals surface area contributed by atoms with Crippen molar-refractivity contribution in [1.82, 2.24) is 9.03 Å². The van der Waals surface area contributed by atoms with Gasteiger partial charge in [0.1, 0.15) is 0 Å². The van der Waals surface area contributed by atoms with Crippen molar-refractivity contribution < 1.29 is 27.5 Å². The monoisotopic (exact) mass is 282 g/mol. The van der Waals surface area contributed by atoms with E-state index in [0.717, 1.165) is 4.31 Å². The van der Waals surface area contributed by atoms with Crippen molar-refractivity contribution in [2.45, 2.75) is 26.4 Å². The second-order valence-corrected chi connectivity index (χ2v) is 5.49. The molecule has 0 unspecified atom stereocenters. The second-order valence-electron chi connectivity index (χ2n) is 3.71. The van der Waals surface area contributed by atoms with Crippen LogP contribution in [0.4, 0.5) is 4.79 Å². The van der Waals surface area contributed by atoms with Gasteiger partial charge in [0, 0.05) is 13.6 Å². The average Bonchev–Trinajstić information content (AvgIpc) is 2.22. The molecule has 0 bridgehead atoms. The molecule has 0 aliphatic heterocycles. The molecule has 0 aromatic carbocycles. The number of carbonyl (C=O) groups is 2. The SMILES string of the molecule is COC(=O)CCN(C)S(=O)(=O)NC(=O)OC(C)C. The minimum absolute atomic E-state index is 0.100. The molecular formula is C9H18N2O6S. The van der Waals surface area contributed by atoms with Crippen LogP contribution < -0.4 is 4.72 Å². The second kappa shape index (κ2) is 7.17. The predicted octanol–water partition coefficient (Wildman–Crippen LogP) is -0.139. The van der Waals surface area contributed by atoms with E-state index in [0.29, 0.717) is 0 Å². The third-order valence-corrected chi connectivity index (χ3v) is 3.25. The molecule has 0 aromatic heterocycles. The maximum Gasteiger partial charge on any atom is 0.422 e. The molecule has 0 aliphatic rings. The Morgan fingerprint density at radius 3 is 2.33 bits per heavy atom. The van der Waals surface area contributed by atoms with Crippen LogP contribution in [0.5, 0.6) is 0 Å². The van der Waals surface area contributed by atoms with Crippen LogP contribution in [0, 0.1) is 0 Å². The standard InChI is InChI=1S/C9H18N2O6S/c1-7(2)17-9(13)10-18(14,15)11(3)6-5-8(12)16-4/h7H,5-6H2,1-4H3,(H,10,13). The molecule has 0 heterocycles. The first-order chi connectivity index (χ1) is 8.19. The van der Waals surface area contributed by atoms with Crippen LogP contribution >= 0.6 is 0 Å². The van der Waals surface area contributed by atoms with Gasteiger partial charge in [-0.05, 0) is 13.8 Å². The third kappa shape index (κ3) is 6.40. The summed E-state index contributed by atoms with van der Waals surface area (Å²) in [4.78, 5) is 22.0. The fraction of sp³-hybridized carbons (Fsp3) is 0.778. The largest absolute Gasteiger partial charge is 0.469 e. The van der Waals surface area contributed by atoms with Gasteiger partial charge in [-0.3, -0.25) is 4.79 Å². The van der Waals surface area contributed by atoms with E-state index < -0.39 is 28.4 Å². The van der Waals surface area contributed by atoms with Crippen molar-refractivity contribution in [3.8, 4) is 0 Å². The summed E-state index contributed by atoms with van der Waals surface area (Å²) in [6.45, 7) is 3.08. The Labute approximate surface area is 106 Å². The zero-order valence-electron chi connectivity index (χ0n) is 10.8. The normalized spacial score (nSPS) is 11.4. The maximum absolute atomic E-state index is 11.6. The summed E-state index contributed by atoms with van der Waals surface area (Å²) in [7, 11) is -1.57. The van der Waals surface area contributed by atoms with Crippen molar-refractivity contribution in [1.29, 1.82) is 0 Å². The number of nitrogens with zero attached hydrogens (tertiary/aromatic N) is 1. The minimum atomic E-state index is -4.01. The van der Waals surface area contributed by atoms with Crippen molar-refractivity contribution in [3.63, 3.8) is 0 Å². The fourth-order valence-electron chi connectivity index (χ4n) is 0.892. The topological polar surface area (TPSA) is 102 Å². The van der Waals surface area contributed by atoms with Crippen LogP contribution in [-0.4, -0.2) is 51.6 Å². The first kappa shape index (κ1) is 16.6. The number of carbonyl (C=O) groups excluding carboxylic acids is 2. The molecular weight excluding hydrogens is 264 g/mol. The fourth-order valence-corrected chi connectivity index (χ4v) is 1.64. The summed E-state index contributed by atoms with van der Waals surface area (Å²) in [5.41, 5.74) is 0. The molecule has 0 saturated carbocycles. The summed E-state index contributed by atoms with van der Waals surface area (Å²) < 4.78 is 34.7. The van der Waals surface area contributed by atoms with E-state index in [2.05, 4.69) is 9.47 Å². The number of esters is 1. The van der Waals surface area contributed by atoms with E-state index in [1.807, 2.05) is 0 Å². The van der Waals surface area contributed by atoms with E-state index in [1.165, 1.54) is 14.2 Å². The Hall–Kier alpha value is -1.35. The lowest BCUT2D eigenvalue weighted by atomic mass is 10.4. The van der Waals surface area contributed by atoms with Gasteiger partial charge in [-0.2, -0.15) is 12.7 Å². The summed E-state index contributed by atoms with van der Waals surface area (Å²) >= 11 is 0. The lowest BCUT2D eigenvalue weighted by Crippen LogP contribution is -2.43. The first-order valence-electron chi connectivity index (χ1n) is 5.20. The van der Waals surface area contributed by atoms with E-state index >= 15 is 0 Å². The molecule has 0 aromatic rings. The Balaban J connectivity index is 4.36. The summed E-state index contributed by atoms with van der Waals surface area (Å²) in [6, 6.07) is 0. The zero-order valence-corrected chi connectivity index (χ0v) is 11.6. The summed E-state index contributed by atoms with van der Waals surface area (Å²) in [5, 5.41) is 0. The van der Waals surface area contributed by atoms with Crippen LogP contribution in [-0.2, 0) is 24.5 Å². The zero-order chi connectivity index (χ0) is 14.3. The van der Waals surface area contributed by atoms with Crippen molar-refractivity contribution in [2.75, 3.05) is 20.7 Å². The number of amides is 1. The molecule has 0 aliphatic carbocycles. The van der Waals surface area contributed by atoms with Crippen LogP contribution in [0.3, 0.4) is 0 Å². The van der Waals surface area contributed by atoms with E-state index in [-0.39, 0.29) is 13.0 Å². The van der Waals surface area contributed by atoms with Gasteiger partial charge in [0.25, 0.3) is 0 Å². The summed E-state index contributed by atoms with van der Waals surface area (Å²) in [6.07, 6.45) is -1.59. The van der Waals surface area contributed by atoms with Crippen molar-refractivity contribution in [2.24, 2.45) is 0 Å². The molecule has 0 fully saturated rings. The van der Waals surface area contributed by atoms with Gasteiger partial charge in [-0.1, -0.05) is 0 Å². The summed E-state index contributed by atoms with van der Waals surface area (Å²) in [5.74, 6) is -0.540. The molecule has 9 heteroatoms. The third-order valence-electron chi connectivity index (χ3n) is 1.82. The quantitative estimate of drug-likeness (QED) is 0.680. The van der Waals surface area contributed by atoms with Gasteiger partial charge < -0.3 is 9.47 Å². The Bertz CT molecular complexity index is 392. The van der Waals surface area contributed by atoms with E-state index in [1.54, 1.807) is 18.6 Å². The Kier molecular flexibility index (Phi) is 6.63. The molecule has 18 heavy (non-hydrogen) atoms. The van der Waals surface area contributed by atoms with Gasteiger partial charge in [0.05, 0.1) is 19.6 Å². The van der Waals surface area contributed by atoms with Gasteiger partial charge >= 0.3 is 22.3 Å². The average molecular weight is 282 g/mol. The number of ether oxygens (including phenoxy) is 2. The minimum Gasteiger partial charge on any atom is -0.469 e. The van der Waals surface area contributed by atoms with Crippen LogP contribution in [0.2, 0.25) is 0 Å². The molecule has 0 saturated heterocycles. The molecule has 0 radical (unpaired) electrons. The Morgan fingerprint density at radius 1 is 1.33 bits per heavy atom. The maximum atomic E-state index is 11.6. The van der Waals surface area contributed by atoms with Gasteiger partial charge in [-0.25, -0.2) is 9.52 Å². The van der Waals surface area contributed by atoms with Crippen LogP contribution in [0.15, 0.2) is 0 Å². The molecule has 0 spiro atoms. The van der Waals surface area contributed by atoms with E-state index in [9.17, 15) is 18.0 Å². The number of methoxy groups -OCH3 is 1. The van der Waals surface area contributed by atoms with E-state index in [4.69, 9.17) is 0 Å². The molecule has 106 valence electrons. The van der Waals surface area contributed by atoms with Gasteiger partial charge in [-0.15, -0.1) is 0 Å². The number of hydrogen-bond donors (Lipinski definition) is 1. The highest BCUT2D eigenvalue weighted by Gasteiger charge is 2.22. The number of rotatable bonds is 6. The first-order valence-corrected chi connectivity index (χ1v) is 6.64. The highest BCUT2D eigenvalue weighted by Crippen LogP contribution is 1.98. The van der Waals surface area contributed by atoms with Crippen molar-refractivity contribution in [3.05, 3.63) is 0 Å². The highest BCUT2D eigenvalue weighted by atomic mass is 32.2. The lowest BCUT2D eigenvalue weighted by Gasteiger charge is -2.17. The van der Waals surface area contributed by atoms with Gasteiger partial charge in [0.2, 0.25) is 0 Å². The number of hydrogen-bond acceptors (Lipinski definition) is 6. The molecule has 0 rings (SSSR count). The van der Waals surface area contributed by atoms with Gasteiger partial charge in [0.15, 0.2) is 0 Å². The predicted molar refractivity (Wildman–Crippen MR) is 62.9 cm³/mol. The number of nitrogens with one attached hydrogen (secondary N) is 1. The van der Waals surface area contributed by atoms with Crippen LogP contribution in [0.1, 0.15) is 20.3 Å². The highest BCUT2D eigenvalue weighted by molar-refractivity contribution is 7.87. The smallest absolute Gasteiger partial charge is 0.422 e. The van der Waals surface area contributed by atoms with Crippen molar-refractivity contribution >= 4 is 22.3 Å².